The molecule has 2 aromatic heterocycles. The highest BCUT2D eigenvalue weighted by Gasteiger charge is 2.07. The van der Waals surface area contributed by atoms with Crippen molar-refractivity contribution < 1.29 is 9.53 Å². The Kier molecular flexibility index (Phi) is 5.94. The van der Waals surface area contributed by atoms with Crippen molar-refractivity contribution in [1.29, 1.82) is 0 Å². The summed E-state index contributed by atoms with van der Waals surface area (Å²) in [6.07, 6.45) is 6.19. The molecular formula is C20H21N5O2. The Hall–Kier alpha value is -3.48. The summed E-state index contributed by atoms with van der Waals surface area (Å²) >= 11 is 0. The zero-order valence-electron chi connectivity index (χ0n) is 15.3. The molecule has 0 radical (unpaired) electrons. The minimum Gasteiger partial charge on any atom is -0.465 e. The zero-order chi connectivity index (χ0) is 19.1. The van der Waals surface area contributed by atoms with Crippen LogP contribution in [0.2, 0.25) is 0 Å². The fraction of sp³-hybridized carbons (Fsp3) is 0.200. The minimum absolute atomic E-state index is 0.360. The SMILES string of the molecule is COC(=O)c1ccc(Nc2ccnc(N(C)CCc3ccncc3)n2)cc1. The maximum absolute atomic E-state index is 11.5. The summed E-state index contributed by atoms with van der Waals surface area (Å²) in [7, 11) is 3.33. The van der Waals surface area contributed by atoms with Crippen LogP contribution in [0.3, 0.4) is 0 Å². The second kappa shape index (κ2) is 8.75. The van der Waals surface area contributed by atoms with Crippen LogP contribution in [0.15, 0.2) is 61.1 Å². The predicted molar refractivity (Wildman–Crippen MR) is 104 cm³/mol. The molecule has 0 spiro atoms. The van der Waals surface area contributed by atoms with Crippen molar-refractivity contribution in [2.45, 2.75) is 6.42 Å². The first-order chi connectivity index (χ1) is 13.2. The highest BCUT2D eigenvalue weighted by molar-refractivity contribution is 5.89. The lowest BCUT2D eigenvalue weighted by atomic mass is 10.2. The van der Waals surface area contributed by atoms with Crippen molar-refractivity contribution in [3.05, 3.63) is 72.2 Å². The summed E-state index contributed by atoms with van der Waals surface area (Å²) in [6.45, 7) is 0.793. The Morgan fingerprint density at radius 1 is 1.07 bits per heavy atom. The maximum atomic E-state index is 11.5. The van der Waals surface area contributed by atoms with E-state index in [-0.39, 0.29) is 5.97 Å². The summed E-state index contributed by atoms with van der Waals surface area (Å²) in [5.41, 5.74) is 2.55. The van der Waals surface area contributed by atoms with E-state index in [2.05, 4.69) is 20.3 Å². The van der Waals surface area contributed by atoms with E-state index in [1.54, 1.807) is 48.9 Å². The average molecular weight is 363 g/mol. The van der Waals surface area contributed by atoms with Crippen LogP contribution < -0.4 is 10.2 Å². The number of ether oxygens (including phenoxy) is 1. The monoisotopic (exact) mass is 363 g/mol. The molecule has 138 valence electrons. The van der Waals surface area contributed by atoms with Gasteiger partial charge in [0.25, 0.3) is 0 Å². The van der Waals surface area contributed by atoms with E-state index in [0.29, 0.717) is 17.3 Å². The molecule has 0 saturated heterocycles. The fourth-order valence-corrected chi connectivity index (χ4v) is 2.50. The van der Waals surface area contributed by atoms with Crippen LogP contribution >= 0.6 is 0 Å². The molecule has 0 fully saturated rings. The van der Waals surface area contributed by atoms with Gasteiger partial charge >= 0.3 is 5.97 Å². The van der Waals surface area contributed by atoms with Crippen molar-refractivity contribution >= 4 is 23.4 Å². The van der Waals surface area contributed by atoms with Gasteiger partial charge in [-0.2, -0.15) is 4.98 Å². The topological polar surface area (TPSA) is 80.2 Å². The molecule has 0 unspecified atom stereocenters. The number of hydrogen-bond donors (Lipinski definition) is 1. The number of hydrogen-bond acceptors (Lipinski definition) is 7. The summed E-state index contributed by atoms with van der Waals surface area (Å²) < 4.78 is 4.70. The highest BCUT2D eigenvalue weighted by Crippen LogP contribution is 2.17. The molecule has 0 aliphatic carbocycles. The van der Waals surface area contributed by atoms with Gasteiger partial charge in [0.15, 0.2) is 0 Å². The lowest BCUT2D eigenvalue weighted by Crippen LogP contribution is -2.22. The van der Waals surface area contributed by atoms with E-state index in [9.17, 15) is 4.79 Å². The molecule has 3 aromatic rings. The Balaban J connectivity index is 1.63. The van der Waals surface area contributed by atoms with Gasteiger partial charge in [-0.25, -0.2) is 9.78 Å². The van der Waals surface area contributed by atoms with E-state index in [0.717, 1.165) is 18.7 Å². The molecule has 7 heteroatoms. The predicted octanol–water partition coefficient (Wildman–Crippen LogP) is 3.08. The van der Waals surface area contributed by atoms with Gasteiger partial charge in [0, 0.05) is 37.9 Å². The van der Waals surface area contributed by atoms with Crippen molar-refractivity contribution in [2.24, 2.45) is 0 Å². The minimum atomic E-state index is -0.360. The van der Waals surface area contributed by atoms with E-state index in [4.69, 9.17) is 4.74 Å². The smallest absolute Gasteiger partial charge is 0.337 e. The Bertz CT molecular complexity index is 884. The van der Waals surface area contributed by atoms with Gasteiger partial charge in [0.2, 0.25) is 5.95 Å². The number of esters is 1. The van der Waals surface area contributed by atoms with Crippen LogP contribution in [0.5, 0.6) is 0 Å². The lowest BCUT2D eigenvalue weighted by molar-refractivity contribution is 0.0601. The molecule has 7 nitrogen and oxygen atoms in total. The third-order valence-corrected chi connectivity index (χ3v) is 4.05. The van der Waals surface area contributed by atoms with Gasteiger partial charge in [-0.3, -0.25) is 4.98 Å². The van der Waals surface area contributed by atoms with Crippen molar-refractivity contribution in [2.75, 3.05) is 30.9 Å². The van der Waals surface area contributed by atoms with Crippen molar-refractivity contribution in [1.82, 2.24) is 15.0 Å². The van der Waals surface area contributed by atoms with Gasteiger partial charge in [0.1, 0.15) is 5.82 Å². The molecule has 0 bridgehead atoms. The summed E-state index contributed by atoms with van der Waals surface area (Å²) in [5, 5.41) is 3.22. The van der Waals surface area contributed by atoms with E-state index >= 15 is 0 Å². The van der Waals surface area contributed by atoms with E-state index in [1.165, 1.54) is 12.7 Å². The van der Waals surface area contributed by atoms with Gasteiger partial charge in [0.05, 0.1) is 12.7 Å². The number of likely N-dealkylation sites (N-methyl/N-ethyl adjacent to an activating group) is 1. The van der Waals surface area contributed by atoms with Crippen LogP contribution in [0.25, 0.3) is 0 Å². The van der Waals surface area contributed by atoms with Crippen LogP contribution in [-0.4, -0.2) is 41.6 Å². The number of methoxy groups -OCH3 is 1. The maximum Gasteiger partial charge on any atom is 0.337 e. The molecule has 0 atom stereocenters. The number of nitrogens with zero attached hydrogens (tertiary/aromatic N) is 4. The second-order valence-corrected chi connectivity index (χ2v) is 5.96. The molecule has 3 rings (SSSR count). The molecule has 0 aliphatic rings. The second-order valence-electron chi connectivity index (χ2n) is 5.96. The van der Waals surface area contributed by atoms with Gasteiger partial charge in [-0.1, -0.05) is 0 Å². The van der Waals surface area contributed by atoms with Crippen LogP contribution in [0.4, 0.5) is 17.5 Å². The first kappa shape index (κ1) is 18.3. The number of rotatable bonds is 7. The fourth-order valence-electron chi connectivity index (χ4n) is 2.50. The number of benzene rings is 1. The molecule has 27 heavy (non-hydrogen) atoms. The number of carbonyl (C=O) groups is 1. The molecular weight excluding hydrogens is 342 g/mol. The van der Waals surface area contributed by atoms with Gasteiger partial charge in [-0.05, 0) is 54.4 Å². The van der Waals surface area contributed by atoms with E-state index < -0.39 is 0 Å². The lowest BCUT2D eigenvalue weighted by Gasteiger charge is -2.17. The van der Waals surface area contributed by atoms with Gasteiger partial charge in [-0.15, -0.1) is 0 Å². The van der Waals surface area contributed by atoms with Crippen LogP contribution in [0, 0.1) is 0 Å². The number of nitrogens with one attached hydrogen (secondary N) is 1. The van der Waals surface area contributed by atoms with Gasteiger partial charge < -0.3 is 15.0 Å². The van der Waals surface area contributed by atoms with E-state index in [1.807, 2.05) is 24.1 Å². The Labute approximate surface area is 158 Å². The molecule has 0 aliphatic heterocycles. The van der Waals surface area contributed by atoms with Crippen molar-refractivity contribution in [3.63, 3.8) is 0 Å². The number of anilines is 3. The molecule has 1 aromatic carbocycles. The number of aromatic nitrogens is 3. The highest BCUT2D eigenvalue weighted by atomic mass is 16.5. The summed E-state index contributed by atoms with van der Waals surface area (Å²) in [4.78, 5) is 26.4. The number of carbonyl (C=O) groups excluding carboxylic acids is 1. The standard InChI is InChI=1S/C20H21N5O2/c1-25(14-10-15-7-11-21-12-8-15)20-22-13-9-18(24-20)23-17-5-3-16(4-6-17)19(26)27-2/h3-9,11-13H,10,14H2,1-2H3,(H,22,23,24). The summed E-state index contributed by atoms with van der Waals surface area (Å²) in [6, 6.07) is 12.8. The largest absolute Gasteiger partial charge is 0.465 e. The zero-order valence-corrected chi connectivity index (χ0v) is 15.3. The van der Waals surface area contributed by atoms with Crippen molar-refractivity contribution in [3.8, 4) is 0 Å². The molecule has 0 amide bonds. The average Bonchev–Trinajstić information content (AvgIpc) is 2.73. The molecule has 2 heterocycles. The number of pyridine rings is 1. The first-order valence-electron chi connectivity index (χ1n) is 8.54. The normalized spacial score (nSPS) is 10.3. The third kappa shape index (κ3) is 5.01. The Morgan fingerprint density at radius 3 is 2.52 bits per heavy atom. The molecule has 1 N–H and O–H groups in total. The van der Waals surface area contributed by atoms with Crippen LogP contribution in [0.1, 0.15) is 15.9 Å². The third-order valence-electron chi connectivity index (χ3n) is 4.05. The first-order valence-corrected chi connectivity index (χ1v) is 8.54. The quantitative estimate of drug-likeness (QED) is 0.646. The molecule has 0 saturated carbocycles. The summed E-state index contributed by atoms with van der Waals surface area (Å²) in [5.74, 6) is 0.962. The Morgan fingerprint density at radius 2 is 1.81 bits per heavy atom. The van der Waals surface area contributed by atoms with Crippen LogP contribution in [-0.2, 0) is 11.2 Å².